The van der Waals surface area contributed by atoms with Crippen molar-refractivity contribution in [2.45, 2.75) is 190 Å². The fraction of sp³-hybridized carbons (Fsp3) is 0.878. The zero-order chi connectivity index (χ0) is 44.3. The number of aliphatic hydroxyl groups is 5. The summed E-state index contributed by atoms with van der Waals surface area (Å²) in [7, 11) is 0. The van der Waals surface area contributed by atoms with Gasteiger partial charge in [-0.25, -0.2) is 0 Å². The standard InChI is InChI=1S/C41H75N5O12S2/c1-4-17-31(50)42-21-12-6-11-20-33(52)44-23-13-7-15-24-59-40-34(45-27(2)48)38(55)36(53)29(57-40)18-9-5-10-19-32(51)43-22-14-8-16-25-60-41-35(46-28(3)49)39(56)37(54)30(26-47)58-41/h29-30,34-41,47,53-56H,4-26H2,1-3H3,(H,42,50)(H,43,51)(H,44,52)(H,45,48)(H,46,49)/t29?,30?,34?,35?,36-,37-,38-,39-,40-,41-/m0/s1. The molecule has 2 fully saturated rings. The molecule has 2 aliphatic rings. The quantitative estimate of drug-likeness (QED) is 0.0441. The maximum atomic E-state index is 12.4. The lowest BCUT2D eigenvalue weighted by Gasteiger charge is -2.43. The Hall–Kier alpha value is -2.23. The van der Waals surface area contributed by atoms with E-state index in [9.17, 15) is 49.5 Å². The Labute approximate surface area is 364 Å². The van der Waals surface area contributed by atoms with Crippen LogP contribution in [0.1, 0.15) is 130 Å². The Morgan fingerprint density at radius 1 is 0.517 bits per heavy atom. The highest BCUT2D eigenvalue weighted by molar-refractivity contribution is 8.00. The average Bonchev–Trinajstić information content (AvgIpc) is 3.20. The van der Waals surface area contributed by atoms with Gasteiger partial charge in [-0.1, -0.05) is 39.0 Å². The highest BCUT2D eigenvalue weighted by atomic mass is 32.2. The van der Waals surface area contributed by atoms with Gasteiger partial charge >= 0.3 is 0 Å². The summed E-state index contributed by atoms with van der Waals surface area (Å²) >= 11 is 2.89. The molecule has 0 aromatic rings. The molecule has 2 heterocycles. The van der Waals surface area contributed by atoms with Gasteiger partial charge in [-0.05, 0) is 69.3 Å². The zero-order valence-corrected chi connectivity index (χ0v) is 37.6. The maximum absolute atomic E-state index is 12.4. The Balaban J connectivity index is 1.58. The van der Waals surface area contributed by atoms with Crippen LogP contribution in [0.2, 0.25) is 0 Å². The number of hydrogen-bond donors (Lipinski definition) is 10. The fourth-order valence-corrected chi connectivity index (χ4v) is 9.61. The molecule has 0 radical (unpaired) electrons. The van der Waals surface area contributed by atoms with E-state index in [1.807, 2.05) is 6.92 Å². The molecule has 10 atom stereocenters. The first-order valence-corrected chi connectivity index (χ1v) is 24.1. The van der Waals surface area contributed by atoms with Gasteiger partial charge in [0, 0.05) is 52.7 Å². The van der Waals surface area contributed by atoms with Crippen LogP contribution in [-0.2, 0) is 33.4 Å². The van der Waals surface area contributed by atoms with Crippen LogP contribution >= 0.6 is 23.5 Å². The molecule has 10 N–H and O–H groups in total. The fourth-order valence-electron chi connectivity index (χ4n) is 7.09. The van der Waals surface area contributed by atoms with Crippen LogP contribution in [-0.4, -0.2) is 152 Å². The predicted octanol–water partition coefficient (Wildman–Crippen LogP) is 1.35. The third-order valence-electron chi connectivity index (χ3n) is 10.4. The van der Waals surface area contributed by atoms with E-state index in [0.717, 1.165) is 70.6 Å². The van der Waals surface area contributed by atoms with Crippen LogP contribution in [0, 0.1) is 0 Å². The molecular weight excluding hydrogens is 819 g/mol. The third kappa shape index (κ3) is 21.7. The van der Waals surface area contributed by atoms with E-state index in [1.165, 1.54) is 37.4 Å². The van der Waals surface area contributed by atoms with Gasteiger partial charge in [0.25, 0.3) is 0 Å². The number of hydrogen-bond acceptors (Lipinski definition) is 14. The Morgan fingerprint density at radius 2 is 0.917 bits per heavy atom. The Morgan fingerprint density at radius 3 is 1.35 bits per heavy atom. The second kappa shape index (κ2) is 31.6. The molecule has 19 heteroatoms. The maximum Gasteiger partial charge on any atom is 0.219 e. The molecule has 2 saturated heterocycles. The van der Waals surface area contributed by atoms with E-state index in [4.69, 9.17) is 9.47 Å². The topological polar surface area (TPSA) is 265 Å². The van der Waals surface area contributed by atoms with Crippen LogP contribution < -0.4 is 26.6 Å². The molecule has 348 valence electrons. The summed E-state index contributed by atoms with van der Waals surface area (Å²) < 4.78 is 12.0. The van der Waals surface area contributed by atoms with Crippen molar-refractivity contribution < 1.29 is 59.0 Å². The van der Waals surface area contributed by atoms with E-state index in [2.05, 4.69) is 26.6 Å². The van der Waals surface area contributed by atoms with Crippen molar-refractivity contribution in [2.24, 2.45) is 0 Å². The molecule has 0 spiro atoms. The minimum Gasteiger partial charge on any atom is -0.394 e. The number of unbranched alkanes of at least 4 members (excludes halogenated alkanes) is 8. The van der Waals surface area contributed by atoms with Gasteiger partial charge in [0.05, 0.1) is 24.8 Å². The SMILES string of the molecule is CCCC(=O)NCCCCCC(=O)NCCCCCS[C@@H]1OC(CCCCCC(=O)NCCCCCS[C@@H]2OC(CO)[C@H](O)[C@@H](O)C2NC(C)=O)[C@H](O)[C@@H](O)C1NC(C)=O. The monoisotopic (exact) mass is 893 g/mol. The third-order valence-corrected chi connectivity index (χ3v) is 13.0. The van der Waals surface area contributed by atoms with Gasteiger partial charge in [0.15, 0.2) is 0 Å². The molecule has 0 aromatic heterocycles. The van der Waals surface area contributed by atoms with E-state index in [0.29, 0.717) is 69.7 Å². The van der Waals surface area contributed by atoms with Crippen molar-refractivity contribution in [3.8, 4) is 0 Å². The highest BCUT2D eigenvalue weighted by Crippen LogP contribution is 2.32. The number of thioether (sulfide) groups is 2. The minimum absolute atomic E-state index is 0.0300. The summed E-state index contributed by atoms with van der Waals surface area (Å²) in [6.07, 6.45) is 5.80. The second-order valence-corrected chi connectivity index (χ2v) is 18.2. The van der Waals surface area contributed by atoms with Gasteiger partial charge < -0.3 is 61.6 Å². The minimum atomic E-state index is -1.31. The molecule has 0 bridgehead atoms. The van der Waals surface area contributed by atoms with Crippen molar-refractivity contribution in [3.05, 3.63) is 0 Å². The smallest absolute Gasteiger partial charge is 0.219 e. The van der Waals surface area contributed by atoms with Crippen molar-refractivity contribution in [1.29, 1.82) is 0 Å². The molecular formula is C41H75N5O12S2. The number of carbonyl (C=O) groups excluding carboxylic acids is 5. The second-order valence-electron chi connectivity index (χ2n) is 15.8. The lowest BCUT2D eigenvalue weighted by molar-refractivity contribution is -0.173. The van der Waals surface area contributed by atoms with Crippen LogP contribution in [0.3, 0.4) is 0 Å². The Bertz CT molecular complexity index is 1260. The normalized spacial score (nSPS) is 26.5. The molecule has 60 heavy (non-hydrogen) atoms. The van der Waals surface area contributed by atoms with E-state index >= 15 is 0 Å². The molecule has 2 rings (SSSR count). The van der Waals surface area contributed by atoms with Gasteiger partial charge in [-0.15, -0.1) is 23.5 Å². The summed E-state index contributed by atoms with van der Waals surface area (Å²) in [6, 6.07) is -1.56. The van der Waals surface area contributed by atoms with Crippen LogP contribution in [0.4, 0.5) is 0 Å². The van der Waals surface area contributed by atoms with Gasteiger partial charge in [0.1, 0.15) is 41.4 Å². The van der Waals surface area contributed by atoms with E-state index in [-0.39, 0.29) is 29.5 Å². The van der Waals surface area contributed by atoms with Crippen LogP contribution in [0.25, 0.3) is 0 Å². The molecule has 0 saturated carbocycles. The lowest BCUT2D eigenvalue weighted by Crippen LogP contribution is -2.63. The first kappa shape index (κ1) is 53.9. The van der Waals surface area contributed by atoms with Crippen molar-refractivity contribution in [3.63, 3.8) is 0 Å². The number of rotatable bonds is 31. The number of nitrogens with one attached hydrogen (secondary N) is 5. The van der Waals surface area contributed by atoms with Gasteiger partial charge in [-0.3, -0.25) is 24.0 Å². The molecule has 0 aliphatic carbocycles. The number of aliphatic hydroxyl groups excluding tert-OH is 5. The zero-order valence-electron chi connectivity index (χ0n) is 35.9. The average molecular weight is 894 g/mol. The molecule has 4 unspecified atom stereocenters. The summed E-state index contributed by atoms with van der Waals surface area (Å²) in [5, 5.41) is 66.1. The van der Waals surface area contributed by atoms with Gasteiger partial charge in [-0.2, -0.15) is 0 Å². The number of carbonyl (C=O) groups is 5. The first-order chi connectivity index (χ1) is 28.8. The van der Waals surface area contributed by atoms with E-state index < -0.39 is 66.2 Å². The van der Waals surface area contributed by atoms with Crippen LogP contribution in [0.15, 0.2) is 0 Å². The van der Waals surface area contributed by atoms with Crippen molar-refractivity contribution >= 4 is 53.1 Å². The van der Waals surface area contributed by atoms with Crippen molar-refractivity contribution in [1.82, 2.24) is 26.6 Å². The molecule has 2 aliphatic heterocycles. The summed E-state index contributed by atoms with van der Waals surface area (Å²) in [4.78, 5) is 59.6. The predicted molar refractivity (Wildman–Crippen MR) is 232 cm³/mol. The van der Waals surface area contributed by atoms with Gasteiger partial charge in [0.2, 0.25) is 29.5 Å². The van der Waals surface area contributed by atoms with E-state index in [1.54, 1.807) is 0 Å². The number of amides is 5. The Kier molecular flexibility index (Phi) is 28.4. The molecule has 0 aromatic carbocycles. The highest BCUT2D eigenvalue weighted by Gasteiger charge is 2.46. The summed E-state index contributed by atoms with van der Waals surface area (Å²) in [5.74, 6) is 0.753. The first-order valence-electron chi connectivity index (χ1n) is 22.0. The van der Waals surface area contributed by atoms with Crippen LogP contribution in [0.5, 0.6) is 0 Å². The molecule has 5 amide bonds. The lowest BCUT2D eigenvalue weighted by atomic mass is 9.94. The number of ether oxygens (including phenoxy) is 2. The largest absolute Gasteiger partial charge is 0.394 e. The summed E-state index contributed by atoms with van der Waals surface area (Å²) in [6.45, 7) is 5.97. The summed E-state index contributed by atoms with van der Waals surface area (Å²) in [5.41, 5.74) is -1.16. The molecule has 17 nitrogen and oxygen atoms in total. The van der Waals surface area contributed by atoms with Crippen molar-refractivity contribution in [2.75, 3.05) is 37.7 Å².